The van der Waals surface area contributed by atoms with E-state index < -0.39 is 29.6 Å². The predicted octanol–water partition coefficient (Wildman–Crippen LogP) is 0.215. The third-order valence-corrected chi connectivity index (χ3v) is 4.80. The fraction of sp³-hybridized carbons (Fsp3) is 0.450. The Balaban J connectivity index is 1.69. The van der Waals surface area contributed by atoms with Crippen LogP contribution in [0.2, 0.25) is 0 Å². The summed E-state index contributed by atoms with van der Waals surface area (Å²) >= 11 is 0. The highest BCUT2D eigenvalue weighted by atomic mass is 16.6. The van der Waals surface area contributed by atoms with Crippen molar-refractivity contribution < 1.29 is 28.5 Å². The smallest absolute Gasteiger partial charge is 0.338 e. The molecule has 1 saturated heterocycles. The second kappa shape index (κ2) is 9.67. The molecule has 2 N–H and O–H groups in total. The largest absolute Gasteiger partial charge is 0.493 e. The van der Waals surface area contributed by atoms with Gasteiger partial charge in [-0.15, -0.1) is 0 Å². The van der Waals surface area contributed by atoms with E-state index in [0.29, 0.717) is 35.9 Å². The molecule has 0 amide bonds. The monoisotopic (exact) mass is 435 g/mol. The van der Waals surface area contributed by atoms with Gasteiger partial charge in [-0.05, 0) is 19.1 Å². The van der Waals surface area contributed by atoms with Gasteiger partial charge in [-0.1, -0.05) is 0 Å². The molecule has 0 spiro atoms. The lowest BCUT2D eigenvalue weighted by molar-refractivity contribution is -0.0996. The number of nitrogens with zero attached hydrogens (tertiary/aromatic N) is 1. The minimum Gasteiger partial charge on any atom is -0.493 e. The van der Waals surface area contributed by atoms with Crippen LogP contribution in [0.15, 0.2) is 27.9 Å². The van der Waals surface area contributed by atoms with Gasteiger partial charge >= 0.3 is 11.7 Å². The Hall–Kier alpha value is -3.31. The number of rotatable bonds is 7. The first-order chi connectivity index (χ1) is 14.9. The Morgan fingerprint density at radius 1 is 1.13 bits per heavy atom. The number of nitrogens with one attached hydrogen (secondary N) is 2. The molecule has 168 valence electrons. The number of hydrogen-bond donors (Lipinski definition) is 2. The number of aromatic amines is 1. The Bertz CT molecular complexity index is 1040. The van der Waals surface area contributed by atoms with Gasteiger partial charge in [-0.3, -0.25) is 14.3 Å². The second-order valence-corrected chi connectivity index (χ2v) is 6.86. The van der Waals surface area contributed by atoms with Crippen molar-refractivity contribution >= 4 is 5.97 Å². The SMILES string of the molecule is COc1cc(C(=O)OC[C@@H]2CNC[C@H](n3cc(C)c(=O)[nH]c3=O)O2)cc(OC)c1OC. The number of methoxy groups -OCH3 is 3. The van der Waals surface area contributed by atoms with E-state index in [1.54, 1.807) is 6.92 Å². The Morgan fingerprint density at radius 2 is 1.81 bits per heavy atom. The van der Waals surface area contributed by atoms with Gasteiger partial charge in [0.1, 0.15) is 12.7 Å². The molecule has 11 heteroatoms. The van der Waals surface area contributed by atoms with Crippen molar-refractivity contribution in [3.8, 4) is 17.2 Å². The molecule has 0 bridgehead atoms. The molecule has 0 radical (unpaired) electrons. The van der Waals surface area contributed by atoms with E-state index in [1.807, 2.05) is 0 Å². The summed E-state index contributed by atoms with van der Waals surface area (Å²) < 4.78 is 28.3. The molecule has 1 aliphatic heterocycles. The third kappa shape index (κ3) is 4.89. The van der Waals surface area contributed by atoms with Gasteiger partial charge in [-0.25, -0.2) is 9.59 Å². The topological polar surface area (TPSA) is 130 Å². The third-order valence-electron chi connectivity index (χ3n) is 4.80. The minimum atomic E-state index is -0.651. The quantitative estimate of drug-likeness (QED) is 0.586. The summed E-state index contributed by atoms with van der Waals surface area (Å²) in [6.07, 6.45) is 0.295. The van der Waals surface area contributed by atoms with E-state index >= 15 is 0 Å². The normalized spacial score (nSPS) is 18.3. The lowest BCUT2D eigenvalue weighted by Gasteiger charge is -2.31. The summed E-state index contributed by atoms with van der Waals surface area (Å²) in [5.74, 6) is 0.433. The highest BCUT2D eigenvalue weighted by molar-refractivity contribution is 5.91. The molecule has 3 rings (SSSR count). The summed E-state index contributed by atoms with van der Waals surface area (Å²) in [6.45, 7) is 2.34. The summed E-state index contributed by atoms with van der Waals surface area (Å²) in [7, 11) is 4.38. The number of ether oxygens (including phenoxy) is 5. The van der Waals surface area contributed by atoms with Crippen LogP contribution in [0.25, 0.3) is 0 Å². The van der Waals surface area contributed by atoms with Crippen molar-refractivity contribution in [3.63, 3.8) is 0 Å². The van der Waals surface area contributed by atoms with Gasteiger partial charge in [-0.2, -0.15) is 0 Å². The van der Waals surface area contributed by atoms with Crippen LogP contribution in [-0.2, 0) is 9.47 Å². The molecule has 31 heavy (non-hydrogen) atoms. The molecule has 0 aliphatic carbocycles. The van der Waals surface area contributed by atoms with Gasteiger partial charge < -0.3 is 29.0 Å². The Kier molecular flexibility index (Phi) is 6.98. The molecule has 0 saturated carbocycles. The van der Waals surface area contributed by atoms with E-state index in [4.69, 9.17) is 23.7 Å². The number of esters is 1. The van der Waals surface area contributed by atoms with Crippen LogP contribution in [0.5, 0.6) is 17.2 Å². The van der Waals surface area contributed by atoms with Crippen molar-refractivity contribution in [3.05, 3.63) is 50.3 Å². The molecule has 1 fully saturated rings. The standard InChI is InChI=1S/C20H25N3O8/c1-11-9-23(20(26)22-18(11)24)16-8-21-7-13(31-16)10-30-19(25)12-5-14(27-2)17(29-4)15(6-12)28-3/h5-6,9,13,16,21H,7-8,10H2,1-4H3,(H,22,24,26)/t13-,16+/m0/s1. The molecule has 0 unspecified atom stereocenters. The van der Waals surface area contributed by atoms with Crippen LogP contribution < -0.4 is 30.8 Å². The Labute approximate surface area is 177 Å². The summed E-state index contributed by atoms with van der Waals surface area (Å²) in [4.78, 5) is 38.5. The van der Waals surface area contributed by atoms with Crippen molar-refractivity contribution in [1.29, 1.82) is 0 Å². The van der Waals surface area contributed by atoms with Gasteiger partial charge in [0.2, 0.25) is 5.75 Å². The maximum absolute atomic E-state index is 12.6. The zero-order valence-electron chi connectivity index (χ0n) is 17.7. The number of aromatic nitrogens is 2. The van der Waals surface area contributed by atoms with Crippen LogP contribution in [0.3, 0.4) is 0 Å². The number of aryl methyl sites for hydroxylation is 1. The minimum absolute atomic E-state index is 0.0456. The number of carbonyl (C=O) groups is 1. The second-order valence-electron chi connectivity index (χ2n) is 6.86. The average Bonchev–Trinajstić information content (AvgIpc) is 2.78. The van der Waals surface area contributed by atoms with Crippen molar-refractivity contribution in [2.75, 3.05) is 41.0 Å². The molecular weight excluding hydrogens is 410 g/mol. The Morgan fingerprint density at radius 3 is 2.42 bits per heavy atom. The lowest BCUT2D eigenvalue weighted by Crippen LogP contribution is -2.48. The van der Waals surface area contributed by atoms with Crippen molar-refractivity contribution in [1.82, 2.24) is 14.9 Å². The van der Waals surface area contributed by atoms with Gasteiger partial charge in [0.15, 0.2) is 17.7 Å². The maximum Gasteiger partial charge on any atom is 0.338 e. The first-order valence-electron chi connectivity index (χ1n) is 9.53. The number of carbonyl (C=O) groups excluding carboxylic acids is 1. The van der Waals surface area contributed by atoms with Crippen LogP contribution in [-0.4, -0.2) is 62.7 Å². The molecular formula is C20H25N3O8. The zero-order chi connectivity index (χ0) is 22.5. The highest BCUT2D eigenvalue weighted by Gasteiger charge is 2.26. The molecule has 2 atom stereocenters. The number of H-pyrrole nitrogens is 1. The lowest BCUT2D eigenvalue weighted by atomic mass is 10.2. The fourth-order valence-electron chi connectivity index (χ4n) is 3.20. The first-order valence-corrected chi connectivity index (χ1v) is 9.53. The van der Waals surface area contributed by atoms with Gasteiger partial charge in [0, 0.05) is 24.8 Å². The van der Waals surface area contributed by atoms with E-state index in [0.717, 1.165) is 0 Å². The number of morpholine rings is 1. The van der Waals surface area contributed by atoms with Crippen LogP contribution in [0.1, 0.15) is 22.1 Å². The molecule has 2 heterocycles. The zero-order valence-corrected chi connectivity index (χ0v) is 17.7. The van der Waals surface area contributed by atoms with E-state index in [2.05, 4.69) is 10.3 Å². The summed E-state index contributed by atoms with van der Waals surface area (Å²) in [5.41, 5.74) is -0.403. The maximum atomic E-state index is 12.6. The first kappa shape index (κ1) is 22.4. The molecule has 1 aromatic carbocycles. The summed E-state index contributed by atoms with van der Waals surface area (Å²) in [5, 5.41) is 3.14. The molecule has 1 aromatic heterocycles. The van der Waals surface area contributed by atoms with Gasteiger partial charge in [0.05, 0.1) is 26.9 Å². The fourth-order valence-corrected chi connectivity index (χ4v) is 3.20. The predicted molar refractivity (Wildman–Crippen MR) is 109 cm³/mol. The van der Waals surface area contributed by atoms with E-state index in [1.165, 1.54) is 44.2 Å². The molecule has 11 nitrogen and oxygen atoms in total. The van der Waals surface area contributed by atoms with Crippen molar-refractivity contribution in [2.45, 2.75) is 19.3 Å². The molecule has 2 aromatic rings. The van der Waals surface area contributed by atoms with Gasteiger partial charge in [0.25, 0.3) is 5.56 Å². The van der Waals surface area contributed by atoms with Crippen LogP contribution in [0, 0.1) is 6.92 Å². The number of benzene rings is 1. The van der Waals surface area contributed by atoms with Crippen LogP contribution in [0.4, 0.5) is 0 Å². The van der Waals surface area contributed by atoms with E-state index in [-0.39, 0.29) is 12.2 Å². The average molecular weight is 435 g/mol. The number of hydrogen-bond acceptors (Lipinski definition) is 9. The van der Waals surface area contributed by atoms with Crippen LogP contribution >= 0.6 is 0 Å². The van der Waals surface area contributed by atoms with E-state index in [9.17, 15) is 14.4 Å². The summed E-state index contributed by atoms with van der Waals surface area (Å²) in [6, 6.07) is 2.99. The van der Waals surface area contributed by atoms with Crippen molar-refractivity contribution in [2.24, 2.45) is 0 Å². The highest BCUT2D eigenvalue weighted by Crippen LogP contribution is 2.38. The molecule has 1 aliphatic rings.